The average molecular weight is 517 g/mol. The molecule has 1 fully saturated rings. The molecular weight excluding hydrogens is 488 g/mol. The fourth-order valence-electron chi connectivity index (χ4n) is 5.02. The predicted molar refractivity (Wildman–Crippen MR) is 148 cm³/mol. The van der Waals surface area contributed by atoms with Gasteiger partial charge in [0.2, 0.25) is 5.91 Å². The predicted octanol–water partition coefficient (Wildman–Crippen LogP) is 4.60. The van der Waals surface area contributed by atoms with Crippen molar-refractivity contribution in [3.05, 3.63) is 82.4 Å². The van der Waals surface area contributed by atoms with E-state index in [1.165, 1.54) is 6.08 Å². The number of piperazine rings is 1. The van der Waals surface area contributed by atoms with Gasteiger partial charge in [0.05, 0.1) is 21.8 Å². The maximum Gasteiger partial charge on any atom is 0.355 e. The summed E-state index contributed by atoms with van der Waals surface area (Å²) in [5.41, 5.74) is 3.22. The van der Waals surface area contributed by atoms with Gasteiger partial charge in [-0.25, -0.2) is 14.3 Å². The molecule has 37 heavy (non-hydrogen) atoms. The van der Waals surface area contributed by atoms with E-state index in [4.69, 9.17) is 16.6 Å². The SMILES string of the molecule is C=CC(=O)N1CCN(c2nc(=O)n(-c3ccccc3CCC)c3nc(-c4ccc[nH]4)c(Cl)cc23)[C@@H](C)C1. The highest BCUT2D eigenvalue weighted by Gasteiger charge is 2.30. The minimum absolute atomic E-state index is 0.0714. The Morgan fingerprint density at radius 1 is 1.22 bits per heavy atom. The van der Waals surface area contributed by atoms with Crippen LogP contribution in [0.25, 0.3) is 28.1 Å². The smallest absolute Gasteiger partial charge is 0.355 e. The molecule has 0 radical (unpaired) electrons. The van der Waals surface area contributed by atoms with Gasteiger partial charge >= 0.3 is 5.69 Å². The van der Waals surface area contributed by atoms with E-state index in [-0.39, 0.29) is 11.9 Å². The Balaban J connectivity index is 1.74. The Labute approximate surface area is 220 Å². The van der Waals surface area contributed by atoms with Gasteiger partial charge in [0.1, 0.15) is 11.5 Å². The number of carbonyl (C=O) groups excluding carboxylic acids is 1. The summed E-state index contributed by atoms with van der Waals surface area (Å²) in [6.45, 7) is 9.25. The second kappa shape index (κ2) is 10.2. The number of benzene rings is 1. The maximum atomic E-state index is 13.7. The number of para-hydroxylation sites is 1. The monoisotopic (exact) mass is 516 g/mol. The maximum absolute atomic E-state index is 13.7. The Kier molecular flexibility index (Phi) is 6.84. The van der Waals surface area contributed by atoms with Gasteiger partial charge in [0.15, 0.2) is 5.65 Å². The first-order valence-corrected chi connectivity index (χ1v) is 12.8. The van der Waals surface area contributed by atoms with Gasteiger partial charge in [-0.3, -0.25) is 4.79 Å². The molecular formula is C28H29ClN6O2. The number of carbonyl (C=O) groups is 1. The van der Waals surface area contributed by atoms with Crippen LogP contribution in [0.15, 0.2) is 66.1 Å². The molecule has 1 N–H and O–H groups in total. The van der Waals surface area contributed by atoms with Crippen LogP contribution in [0.5, 0.6) is 0 Å². The number of aromatic amines is 1. The van der Waals surface area contributed by atoms with E-state index in [9.17, 15) is 9.59 Å². The van der Waals surface area contributed by atoms with Crippen molar-refractivity contribution in [2.45, 2.75) is 32.7 Å². The summed E-state index contributed by atoms with van der Waals surface area (Å²) in [4.78, 5) is 42.4. The summed E-state index contributed by atoms with van der Waals surface area (Å²) < 4.78 is 1.59. The van der Waals surface area contributed by atoms with Crippen LogP contribution in [-0.4, -0.2) is 56.0 Å². The molecule has 1 amide bonds. The third-order valence-electron chi connectivity index (χ3n) is 6.79. The first kappa shape index (κ1) is 24.8. The van der Waals surface area contributed by atoms with Crippen molar-refractivity contribution < 1.29 is 4.79 Å². The second-order valence-electron chi connectivity index (χ2n) is 9.24. The van der Waals surface area contributed by atoms with Crippen LogP contribution in [0, 0.1) is 0 Å². The number of aromatic nitrogens is 4. The number of rotatable bonds is 6. The number of hydrogen-bond acceptors (Lipinski definition) is 5. The minimum atomic E-state index is -0.407. The summed E-state index contributed by atoms with van der Waals surface area (Å²) in [6.07, 6.45) is 4.90. The molecule has 0 bridgehead atoms. The molecule has 190 valence electrons. The zero-order valence-corrected chi connectivity index (χ0v) is 21.7. The number of H-pyrrole nitrogens is 1. The van der Waals surface area contributed by atoms with Crippen molar-refractivity contribution in [2.75, 3.05) is 24.5 Å². The van der Waals surface area contributed by atoms with Crippen LogP contribution in [0.4, 0.5) is 5.82 Å². The molecule has 0 saturated carbocycles. The van der Waals surface area contributed by atoms with Crippen LogP contribution in [-0.2, 0) is 11.2 Å². The van der Waals surface area contributed by atoms with Gasteiger partial charge in [-0.2, -0.15) is 4.98 Å². The number of aryl methyl sites for hydroxylation is 1. The van der Waals surface area contributed by atoms with E-state index >= 15 is 0 Å². The van der Waals surface area contributed by atoms with Crippen LogP contribution >= 0.6 is 11.6 Å². The zero-order chi connectivity index (χ0) is 26.1. The van der Waals surface area contributed by atoms with Gasteiger partial charge in [-0.15, -0.1) is 0 Å². The first-order valence-electron chi connectivity index (χ1n) is 12.5. The van der Waals surface area contributed by atoms with E-state index < -0.39 is 5.69 Å². The molecule has 0 spiro atoms. The third kappa shape index (κ3) is 4.53. The van der Waals surface area contributed by atoms with E-state index in [1.807, 2.05) is 55.6 Å². The molecule has 3 aromatic heterocycles. The number of pyridine rings is 1. The molecule has 4 heterocycles. The lowest BCUT2D eigenvalue weighted by Gasteiger charge is -2.40. The van der Waals surface area contributed by atoms with E-state index in [0.717, 1.165) is 29.8 Å². The Morgan fingerprint density at radius 3 is 2.73 bits per heavy atom. The standard InChI is InChI=1S/C28H29ClN6O2/c1-4-9-19-10-6-7-12-23(19)35-27-20(16-21(29)25(31-27)22-11-8-13-30-22)26(32-28(35)37)34-15-14-33(17-18(34)3)24(36)5-2/h5-8,10-13,16,18,30H,2,4,9,14-15,17H2,1,3H3/t18-/m0/s1. The van der Waals surface area contributed by atoms with Crippen LogP contribution in [0.3, 0.4) is 0 Å². The van der Waals surface area contributed by atoms with Gasteiger partial charge in [-0.1, -0.05) is 49.7 Å². The average Bonchev–Trinajstić information content (AvgIpc) is 3.43. The highest BCUT2D eigenvalue weighted by atomic mass is 35.5. The van der Waals surface area contributed by atoms with Gasteiger partial charge in [0, 0.05) is 31.9 Å². The molecule has 1 aromatic carbocycles. The normalized spacial score (nSPS) is 15.8. The molecule has 1 saturated heterocycles. The number of amides is 1. The Bertz CT molecular complexity index is 1530. The quantitative estimate of drug-likeness (QED) is 0.378. The number of anilines is 1. The number of nitrogens with one attached hydrogen (secondary N) is 1. The second-order valence-corrected chi connectivity index (χ2v) is 9.64. The number of hydrogen-bond donors (Lipinski definition) is 1. The molecule has 0 aliphatic carbocycles. The van der Waals surface area contributed by atoms with Crippen molar-refractivity contribution >= 4 is 34.4 Å². The molecule has 0 unspecified atom stereocenters. The van der Waals surface area contributed by atoms with E-state index in [1.54, 1.807) is 9.47 Å². The molecule has 9 heteroatoms. The summed E-state index contributed by atoms with van der Waals surface area (Å²) >= 11 is 6.76. The Hall–Kier alpha value is -3.91. The van der Waals surface area contributed by atoms with E-state index in [0.29, 0.717) is 47.2 Å². The molecule has 8 nitrogen and oxygen atoms in total. The fraction of sp³-hybridized carbons (Fsp3) is 0.286. The number of nitrogens with zero attached hydrogens (tertiary/aromatic N) is 5. The van der Waals surface area contributed by atoms with Crippen molar-refractivity contribution in [2.24, 2.45) is 0 Å². The zero-order valence-electron chi connectivity index (χ0n) is 20.9. The van der Waals surface area contributed by atoms with Crippen LogP contribution < -0.4 is 10.6 Å². The van der Waals surface area contributed by atoms with Gasteiger partial charge < -0.3 is 14.8 Å². The number of fused-ring (bicyclic) bond motifs is 1. The summed E-state index contributed by atoms with van der Waals surface area (Å²) in [5.74, 6) is 0.419. The summed E-state index contributed by atoms with van der Waals surface area (Å²) in [6, 6.07) is 13.4. The Morgan fingerprint density at radius 2 is 2.03 bits per heavy atom. The van der Waals surface area contributed by atoms with Crippen molar-refractivity contribution in [1.29, 1.82) is 0 Å². The molecule has 1 aliphatic rings. The van der Waals surface area contributed by atoms with Crippen LogP contribution in [0.1, 0.15) is 25.8 Å². The molecule has 4 aromatic rings. The van der Waals surface area contributed by atoms with Crippen molar-refractivity contribution in [3.63, 3.8) is 0 Å². The minimum Gasteiger partial charge on any atom is -0.360 e. The van der Waals surface area contributed by atoms with Crippen LogP contribution in [0.2, 0.25) is 5.02 Å². The highest BCUT2D eigenvalue weighted by Crippen LogP contribution is 2.34. The van der Waals surface area contributed by atoms with Gasteiger partial charge in [0.25, 0.3) is 0 Å². The largest absolute Gasteiger partial charge is 0.360 e. The summed E-state index contributed by atoms with van der Waals surface area (Å²) in [7, 11) is 0. The van der Waals surface area contributed by atoms with Crippen molar-refractivity contribution in [1.82, 2.24) is 24.4 Å². The van der Waals surface area contributed by atoms with Crippen molar-refractivity contribution in [3.8, 4) is 17.1 Å². The van der Waals surface area contributed by atoms with E-state index in [2.05, 4.69) is 28.4 Å². The molecule has 5 rings (SSSR count). The lowest BCUT2D eigenvalue weighted by molar-refractivity contribution is -0.126. The number of halogens is 1. The molecule has 1 aliphatic heterocycles. The van der Waals surface area contributed by atoms with Gasteiger partial charge in [-0.05, 0) is 49.2 Å². The third-order valence-corrected chi connectivity index (χ3v) is 7.08. The fourth-order valence-corrected chi connectivity index (χ4v) is 5.27. The lowest BCUT2D eigenvalue weighted by Crippen LogP contribution is -2.54. The lowest BCUT2D eigenvalue weighted by atomic mass is 10.1. The first-order chi connectivity index (χ1) is 17.9. The summed E-state index contributed by atoms with van der Waals surface area (Å²) in [5, 5.41) is 1.14. The highest BCUT2D eigenvalue weighted by molar-refractivity contribution is 6.33. The topological polar surface area (TPSA) is 87.1 Å². The molecule has 1 atom stereocenters.